The van der Waals surface area contributed by atoms with Gasteiger partial charge >= 0.3 is 12.2 Å². The SMILES string of the molecule is CC(C)(C)OC(=O)NCC#Cc1ccc(C#CCNC(=O)OC(C)(C)C)nc1. The van der Waals surface area contributed by atoms with Crippen molar-refractivity contribution < 1.29 is 19.1 Å². The maximum Gasteiger partial charge on any atom is 0.408 e. The van der Waals surface area contributed by atoms with E-state index in [9.17, 15) is 9.59 Å². The summed E-state index contributed by atoms with van der Waals surface area (Å²) in [6.07, 6.45) is 0.567. The van der Waals surface area contributed by atoms with Crippen molar-refractivity contribution >= 4 is 12.2 Å². The zero-order valence-electron chi connectivity index (χ0n) is 17.2. The first-order valence-corrected chi connectivity index (χ1v) is 8.82. The molecule has 0 bridgehead atoms. The summed E-state index contributed by atoms with van der Waals surface area (Å²) in [5, 5.41) is 5.10. The van der Waals surface area contributed by atoms with Gasteiger partial charge in [0.25, 0.3) is 0 Å². The molecule has 0 unspecified atom stereocenters. The van der Waals surface area contributed by atoms with E-state index in [1.54, 1.807) is 59.9 Å². The molecule has 7 nitrogen and oxygen atoms in total. The van der Waals surface area contributed by atoms with Crippen molar-refractivity contribution in [3.05, 3.63) is 29.6 Å². The minimum Gasteiger partial charge on any atom is -0.444 e. The number of nitrogens with one attached hydrogen (secondary N) is 2. The standard InChI is InChI=1S/C21H27N3O4/c1-20(2,3)27-18(25)22-13-7-9-16-11-12-17(24-15-16)10-8-14-23-19(26)28-21(4,5)6/h11-12,15H,13-14H2,1-6H3,(H,22,25)(H,23,26). The molecule has 0 aromatic carbocycles. The second-order valence-corrected chi connectivity index (χ2v) is 7.75. The Hall–Kier alpha value is -3.19. The number of amides is 2. The topological polar surface area (TPSA) is 89.6 Å². The van der Waals surface area contributed by atoms with E-state index < -0.39 is 23.4 Å². The molecule has 0 aliphatic rings. The predicted molar refractivity (Wildman–Crippen MR) is 106 cm³/mol. The van der Waals surface area contributed by atoms with Gasteiger partial charge in [0, 0.05) is 11.8 Å². The molecular weight excluding hydrogens is 358 g/mol. The molecular formula is C21H27N3O4. The van der Waals surface area contributed by atoms with Gasteiger partial charge in [-0.15, -0.1) is 0 Å². The van der Waals surface area contributed by atoms with Crippen LogP contribution >= 0.6 is 0 Å². The van der Waals surface area contributed by atoms with Crippen molar-refractivity contribution in [3.63, 3.8) is 0 Å². The van der Waals surface area contributed by atoms with Crippen LogP contribution in [0.5, 0.6) is 0 Å². The summed E-state index contributed by atoms with van der Waals surface area (Å²) >= 11 is 0. The Labute approximate surface area is 166 Å². The van der Waals surface area contributed by atoms with Gasteiger partial charge in [-0.25, -0.2) is 14.6 Å². The van der Waals surface area contributed by atoms with Gasteiger partial charge in [0.15, 0.2) is 0 Å². The lowest BCUT2D eigenvalue weighted by molar-refractivity contribution is 0.0523. The van der Waals surface area contributed by atoms with Crippen LogP contribution in [0, 0.1) is 23.7 Å². The first-order chi connectivity index (χ1) is 12.9. The molecule has 0 aliphatic heterocycles. The highest BCUT2D eigenvalue weighted by Gasteiger charge is 2.15. The van der Waals surface area contributed by atoms with E-state index in [-0.39, 0.29) is 13.1 Å². The third-order valence-corrected chi connectivity index (χ3v) is 2.65. The predicted octanol–water partition coefficient (Wildman–Crippen LogP) is 2.83. The summed E-state index contributed by atoms with van der Waals surface area (Å²) in [6, 6.07) is 3.50. The number of carbonyl (C=O) groups excluding carboxylic acids is 2. The molecule has 0 spiro atoms. The summed E-state index contributed by atoms with van der Waals surface area (Å²) in [7, 11) is 0. The van der Waals surface area contributed by atoms with E-state index in [4.69, 9.17) is 9.47 Å². The van der Waals surface area contributed by atoms with Crippen molar-refractivity contribution in [2.45, 2.75) is 52.7 Å². The average molecular weight is 385 g/mol. The number of hydrogen-bond donors (Lipinski definition) is 2. The van der Waals surface area contributed by atoms with Crippen LogP contribution in [0.15, 0.2) is 18.3 Å². The molecule has 0 atom stereocenters. The van der Waals surface area contributed by atoms with Crippen molar-refractivity contribution in [3.8, 4) is 23.7 Å². The van der Waals surface area contributed by atoms with Crippen LogP contribution in [-0.4, -0.2) is 41.5 Å². The number of aromatic nitrogens is 1. The maximum atomic E-state index is 11.5. The number of hydrogen-bond acceptors (Lipinski definition) is 5. The molecule has 28 heavy (non-hydrogen) atoms. The van der Waals surface area contributed by atoms with Crippen LogP contribution in [-0.2, 0) is 9.47 Å². The van der Waals surface area contributed by atoms with Gasteiger partial charge in [0.1, 0.15) is 16.9 Å². The van der Waals surface area contributed by atoms with Gasteiger partial charge in [-0.3, -0.25) is 0 Å². The highest BCUT2D eigenvalue weighted by molar-refractivity contribution is 5.68. The first-order valence-electron chi connectivity index (χ1n) is 8.82. The Morgan fingerprint density at radius 3 is 1.82 bits per heavy atom. The summed E-state index contributed by atoms with van der Waals surface area (Å²) < 4.78 is 10.2. The summed E-state index contributed by atoms with van der Waals surface area (Å²) in [4.78, 5) is 27.2. The Morgan fingerprint density at radius 1 is 0.893 bits per heavy atom. The monoisotopic (exact) mass is 385 g/mol. The second-order valence-electron chi connectivity index (χ2n) is 7.75. The number of carbonyl (C=O) groups is 2. The van der Waals surface area contributed by atoms with Crippen LogP contribution in [0.25, 0.3) is 0 Å². The highest BCUT2D eigenvalue weighted by Crippen LogP contribution is 2.06. The molecule has 0 fully saturated rings. The zero-order chi connectivity index (χ0) is 21.2. The van der Waals surface area contributed by atoms with Crippen molar-refractivity contribution in [1.82, 2.24) is 15.6 Å². The summed E-state index contributed by atoms with van der Waals surface area (Å²) in [5.74, 6) is 11.4. The van der Waals surface area contributed by atoms with E-state index in [2.05, 4.69) is 39.3 Å². The summed E-state index contributed by atoms with van der Waals surface area (Å²) in [6.45, 7) is 11.1. The van der Waals surface area contributed by atoms with Crippen LogP contribution < -0.4 is 10.6 Å². The third kappa shape index (κ3) is 11.4. The van der Waals surface area contributed by atoms with Gasteiger partial charge in [0.05, 0.1) is 13.1 Å². The molecule has 2 amide bonds. The zero-order valence-corrected chi connectivity index (χ0v) is 17.2. The molecule has 1 rings (SSSR count). The molecule has 0 saturated heterocycles. The van der Waals surface area contributed by atoms with Gasteiger partial charge in [0.2, 0.25) is 0 Å². The van der Waals surface area contributed by atoms with Crippen molar-refractivity contribution in [1.29, 1.82) is 0 Å². The smallest absolute Gasteiger partial charge is 0.408 e. The Kier molecular flexibility index (Phi) is 8.34. The second kappa shape index (κ2) is 10.2. The number of pyridine rings is 1. The van der Waals surface area contributed by atoms with Crippen LogP contribution in [0.1, 0.15) is 52.8 Å². The van der Waals surface area contributed by atoms with E-state index in [0.29, 0.717) is 11.3 Å². The maximum absolute atomic E-state index is 11.5. The quantitative estimate of drug-likeness (QED) is 0.764. The van der Waals surface area contributed by atoms with Crippen molar-refractivity contribution in [2.24, 2.45) is 0 Å². The minimum atomic E-state index is -0.543. The lowest BCUT2D eigenvalue weighted by Gasteiger charge is -2.19. The molecule has 2 N–H and O–H groups in total. The third-order valence-electron chi connectivity index (χ3n) is 2.65. The van der Waals surface area contributed by atoms with Crippen LogP contribution in [0.4, 0.5) is 9.59 Å². The van der Waals surface area contributed by atoms with Crippen LogP contribution in [0.3, 0.4) is 0 Å². The fourth-order valence-corrected chi connectivity index (χ4v) is 1.68. The molecule has 0 aliphatic carbocycles. The van der Waals surface area contributed by atoms with E-state index in [1.165, 1.54) is 0 Å². The van der Waals surface area contributed by atoms with Gasteiger partial charge in [-0.1, -0.05) is 17.8 Å². The largest absolute Gasteiger partial charge is 0.444 e. The minimum absolute atomic E-state index is 0.161. The normalized spacial score (nSPS) is 10.5. The average Bonchev–Trinajstić information content (AvgIpc) is 2.53. The molecule has 0 radical (unpaired) electrons. The molecule has 1 aromatic heterocycles. The Balaban J connectivity index is 2.43. The Bertz CT molecular complexity index is 726. The van der Waals surface area contributed by atoms with Gasteiger partial charge < -0.3 is 20.1 Å². The van der Waals surface area contributed by atoms with E-state index in [1.807, 2.05) is 0 Å². The number of nitrogens with zero attached hydrogens (tertiary/aromatic N) is 1. The number of rotatable bonds is 2. The molecule has 7 heteroatoms. The molecule has 1 aromatic rings. The fourth-order valence-electron chi connectivity index (χ4n) is 1.68. The Morgan fingerprint density at radius 2 is 1.39 bits per heavy atom. The van der Waals surface area contributed by atoms with E-state index >= 15 is 0 Å². The lowest BCUT2D eigenvalue weighted by atomic mass is 10.2. The highest BCUT2D eigenvalue weighted by atomic mass is 16.6. The van der Waals surface area contributed by atoms with Gasteiger partial charge in [-0.05, 0) is 59.6 Å². The van der Waals surface area contributed by atoms with Crippen LogP contribution in [0.2, 0.25) is 0 Å². The molecule has 150 valence electrons. The molecule has 1 heterocycles. The number of ether oxygens (including phenoxy) is 2. The van der Waals surface area contributed by atoms with Crippen molar-refractivity contribution in [2.75, 3.05) is 13.1 Å². The number of alkyl carbamates (subject to hydrolysis) is 2. The van der Waals surface area contributed by atoms with Gasteiger partial charge in [-0.2, -0.15) is 0 Å². The fraction of sp³-hybridized carbons (Fsp3) is 0.476. The molecule has 0 saturated carbocycles. The van der Waals surface area contributed by atoms with E-state index in [0.717, 1.165) is 0 Å². The lowest BCUT2D eigenvalue weighted by Crippen LogP contribution is -2.32. The summed E-state index contributed by atoms with van der Waals surface area (Å²) in [5.41, 5.74) is 0.172. The first kappa shape index (κ1) is 22.9.